The zero-order chi connectivity index (χ0) is 17.8. The average Bonchev–Trinajstić information content (AvgIpc) is 2.97. The number of hydrogen-bond donors (Lipinski definition) is 1. The smallest absolute Gasteiger partial charge is 0.325 e. The number of nitrogens with zero attached hydrogens (tertiary/aromatic N) is 4. The molecular formula is C17H23FN4O3. The van der Waals surface area contributed by atoms with Crippen LogP contribution in [0.25, 0.3) is 0 Å². The maximum atomic E-state index is 13.0. The molecule has 1 aromatic carbocycles. The van der Waals surface area contributed by atoms with Crippen LogP contribution in [0.4, 0.5) is 14.9 Å². The first kappa shape index (κ1) is 17.6. The number of anilines is 1. The average molecular weight is 350 g/mol. The summed E-state index contributed by atoms with van der Waals surface area (Å²) in [6, 6.07) is 5.56. The molecule has 8 heteroatoms. The van der Waals surface area contributed by atoms with Gasteiger partial charge in [-0.3, -0.25) is 14.6 Å². The van der Waals surface area contributed by atoms with Crippen molar-refractivity contribution in [3.05, 3.63) is 30.1 Å². The van der Waals surface area contributed by atoms with Crippen LogP contribution in [0.1, 0.15) is 0 Å². The monoisotopic (exact) mass is 350 g/mol. The number of piperazine rings is 1. The molecule has 0 spiro atoms. The fourth-order valence-electron chi connectivity index (χ4n) is 3.22. The van der Waals surface area contributed by atoms with Gasteiger partial charge in [-0.1, -0.05) is 0 Å². The van der Waals surface area contributed by atoms with E-state index >= 15 is 0 Å². The molecule has 136 valence electrons. The SMILES string of the molecule is O=C(CN1CCN(c2ccc(F)cc2)C1=O)N1CCN(CCO)CC1. The number of aliphatic hydroxyl groups excluding tert-OH is 1. The van der Waals surface area contributed by atoms with Crippen molar-refractivity contribution in [3.63, 3.8) is 0 Å². The Kier molecular flexibility index (Phi) is 5.50. The lowest BCUT2D eigenvalue weighted by Crippen LogP contribution is -2.52. The van der Waals surface area contributed by atoms with Crippen LogP contribution in [-0.2, 0) is 4.79 Å². The summed E-state index contributed by atoms with van der Waals surface area (Å²) in [5, 5.41) is 8.95. The highest BCUT2D eigenvalue weighted by atomic mass is 19.1. The lowest BCUT2D eigenvalue weighted by atomic mass is 10.3. The number of carbonyl (C=O) groups excluding carboxylic acids is 2. The van der Waals surface area contributed by atoms with Gasteiger partial charge in [0.15, 0.2) is 0 Å². The van der Waals surface area contributed by atoms with E-state index in [0.29, 0.717) is 38.4 Å². The molecule has 2 aliphatic rings. The molecule has 25 heavy (non-hydrogen) atoms. The lowest BCUT2D eigenvalue weighted by molar-refractivity contribution is -0.133. The van der Waals surface area contributed by atoms with Crippen molar-refractivity contribution in [1.29, 1.82) is 0 Å². The summed E-state index contributed by atoms with van der Waals surface area (Å²) in [5.74, 6) is -0.402. The van der Waals surface area contributed by atoms with E-state index in [1.54, 1.807) is 21.9 Å². The van der Waals surface area contributed by atoms with Gasteiger partial charge in [-0.15, -0.1) is 0 Å². The molecule has 0 aliphatic carbocycles. The second-order valence-electron chi connectivity index (χ2n) is 6.28. The number of urea groups is 1. The van der Waals surface area contributed by atoms with E-state index in [9.17, 15) is 14.0 Å². The van der Waals surface area contributed by atoms with E-state index in [4.69, 9.17) is 5.11 Å². The molecule has 0 atom stereocenters. The molecule has 0 saturated carbocycles. The first-order chi connectivity index (χ1) is 12.1. The van der Waals surface area contributed by atoms with Gasteiger partial charge in [0.1, 0.15) is 12.4 Å². The molecule has 1 aromatic rings. The minimum absolute atomic E-state index is 0.0574. The Hall–Kier alpha value is -2.19. The van der Waals surface area contributed by atoms with Crippen molar-refractivity contribution in [2.75, 3.05) is 63.9 Å². The van der Waals surface area contributed by atoms with Crippen molar-refractivity contribution in [2.45, 2.75) is 0 Å². The van der Waals surface area contributed by atoms with E-state index in [2.05, 4.69) is 4.90 Å². The second-order valence-corrected chi connectivity index (χ2v) is 6.28. The van der Waals surface area contributed by atoms with Gasteiger partial charge >= 0.3 is 6.03 Å². The topological polar surface area (TPSA) is 67.3 Å². The molecule has 1 N–H and O–H groups in total. The van der Waals surface area contributed by atoms with Crippen LogP contribution in [-0.4, -0.2) is 90.7 Å². The van der Waals surface area contributed by atoms with Crippen molar-refractivity contribution < 1.29 is 19.1 Å². The number of aliphatic hydroxyl groups is 1. The number of halogens is 1. The van der Waals surface area contributed by atoms with Gasteiger partial charge in [0, 0.05) is 51.5 Å². The molecule has 0 unspecified atom stereocenters. The predicted octanol–water partition coefficient (Wildman–Crippen LogP) is 0.204. The molecule has 2 saturated heterocycles. The van der Waals surface area contributed by atoms with Gasteiger partial charge in [0.05, 0.1) is 6.61 Å². The maximum absolute atomic E-state index is 13.0. The number of rotatable bonds is 5. The van der Waals surface area contributed by atoms with E-state index in [1.807, 2.05) is 0 Å². The van der Waals surface area contributed by atoms with Gasteiger partial charge in [0.2, 0.25) is 5.91 Å². The van der Waals surface area contributed by atoms with Crippen molar-refractivity contribution in [1.82, 2.24) is 14.7 Å². The van der Waals surface area contributed by atoms with Gasteiger partial charge in [-0.2, -0.15) is 0 Å². The Morgan fingerprint density at radius 3 is 2.36 bits per heavy atom. The summed E-state index contributed by atoms with van der Waals surface area (Å²) in [4.78, 5) is 31.9. The zero-order valence-corrected chi connectivity index (χ0v) is 14.1. The quantitative estimate of drug-likeness (QED) is 0.824. The first-order valence-electron chi connectivity index (χ1n) is 8.51. The molecule has 0 aromatic heterocycles. The number of benzene rings is 1. The van der Waals surface area contributed by atoms with Crippen LogP contribution in [0, 0.1) is 5.82 Å². The fraction of sp³-hybridized carbons (Fsp3) is 0.529. The van der Waals surface area contributed by atoms with E-state index < -0.39 is 0 Å². The number of amides is 3. The van der Waals surface area contributed by atoms with Gasteiger partial charge in [-0.25, -0.2) is 9.18 Å². The van der Waals surface area contributed by atoms with Crippen LogP contribution >= 0.6 is 0 Å². The van der Waals surface area contributed by atoms with E-state index in [0.717, 1.165) is 13.1 Å². The number of β-amino-alcohol motifs (C(OH)–C–C–N with tert-alkyl or cyclic N) is 1. The Balaban J connectivity index is 1.53. The zero-order valence-electron chi connectivity index (χ0n) is 14.1. The highest BCUT2D eigenvalue weighted by molar-refractivity contribution is 5.96. The molecule has 2 heterocycles. The summed E-state index contributed by atoms with van der Waals surface area (Å²) in [7, 11) is 0. The molecule has 0 radical (unpaired) electrons. The van der Waals surface area contributed by atoms with Crippen LogP contribution in [0.2, 0.25) is 0 Å². The molecule has 3 rings (SSSR count). The Morgan fingerprint density at radius 2 is 1.72 bits per heavy atom. The third-order valence-corrected chi connectivity index (χ3v) is 4.70. The molecule has 3 amide bonds. The minimum Gasteiger partial charge on any atom is -0.395 e. The highest BCUT2D eigenvalue weighted by Crippen LogP contribution is 2.20. The second kappa shape index (κ2) is 7.79. The predicted molar refractivity (Wildman–Crippen MR) is 90.8 cm³/mol. The largest absolute Gasteiger partial charge is 0.395 e. The first-order valence-corrected chi connectivity index (χ1v) is 8.51. The van der Waals surface area contributed by atoms with Crippen molar-refractivity contribution in [3.8, 4) is 0 Å². The Morgan fingerprint density at radius 1 is 1.04 bits per heavy atom. The highest BCUT2D eigenvalue weighted by Gasteiger charge is 2.32. The lowest BCUT2D eigenvalue weighted by Gasteiger charge is -2.35. The summed E-state index contributed by atoms with van der Waals surface area (Å²) in [5.41, 5.74) is 0.638. The van der Waals surface area contributed by atoms with E-state index in [1.165, 1.54) is 17.0 Å². The van der Waals surface area contributed by atoms with E-state index in [-0.39, 0.29) is 30.9 Å². The van der Waals surface area contributed by atoms with Gasteiger partial charge in [0.25, 0.3) is 0 Å². The minimum atomic E-state index is -0.345. The Labute approximate surface area is 146 Å². The fourth-order valence-corrected chi connectivity index (χ4v) is 3.22. The Bertz CT molecular complexity index is 617. The van der Waals surface area contributed by atoms with Crippen molar-refractivity contribution >= 4 is 17.6 Å². The van der Waals surface area contributed by atoms with Crippen LogP contribution < -0.4 is 4.90 Å². The van der Waals surface area contributed by atoms with Crippen LogP contribution in [0.5, 0.6) is 0 Å². The molecule has 2 aliphatic heterocycles. The third-order valence-electron chi connectivity index (χ3n) is 4.70. The normalized spacial score (nSPS) is 19.0. The molecule has 2 fully saturated rings. The van der Waals surface area contributed by atoms with Crippen molar-refractivity contribution in [2.24, 2.45) is 0 Å². The number of hydrogen-bond acceptors (Lipinski definition) is 4. The summed E-state index contributed by atoms with van der Waals surface area (Å²) >= 11 is 0. The summed E-state index contributed by atoms with van der Waals surface area (Å²) in [6.07, 6.45) is 0. The molecular weight excluding hydrogens is 327 g/mol. The maximum Gasteiger partial charge on any atom is 0.325 e. The van der Waals surface area contributed by atoms with Crippen LogP contribution in [0.3, 0.4) is 0 Å². The summed E-state index contributed by atoms with van der Waals surface area (Å²) < 4.78 is 13.0. The third kappa shape index (κ3) is 4.08. The number of carbonyl (C=O) groups is 2. The molecule has 7 nitrogen and oxygen atoms in total. The molecule has 0 bridgehead atoms. The van der Waals surface area contributed by atoms with Gasteiger partial charge in [-0.05, 0) is 24.3 Å². The van der Waals surface area contributed by atoms with Crippen LogP contribution in [0.15, 0.2) is 24.3 Å². The standard InChI is InChI=1S/C17H23FN4O3/c18-14-1-3-15(4-2-14)22-10-9-21(17(22)25)13-16(24)20-7-5-19(6-8-20)11-12-23/h1-4,23H,5-13H2. The van der Waals surface area contributed by atoms with Gasteiger partial charge < -0.3 is 14.9 Å². The summed E-state index contributed by atoms with van der Waals surface area (Å²) in [6.45, 7) is 4.48.